The molecular weight excluding hydrogens is 261 g/mol. The van der Waals surface area contributed by atoms with Crippen LogP contribution in [0.2, 0.25) is 0 Å². The Morgan fingerprint density at radius 3 is 3.05 bits per heavy atom. The van der Waals surface area contributed by atoms with Gasteiger partial charge in [-0.15, -0.1) is 11.3 Å². The quantitative estimate of drug-likeness (QED) is 0.780. The van der Waals surface area contributed by atoms with Crippen LogP contribution in [0.15, 0.2) is 29.6 Å². The van der Waals surface area contributed by atoms with Crippen molar-refractivity contribution in [1.82, 2.24) is 0 Å². The number of fused-ring (bicyclic) bond motifs is 4. The van der Waals surface area contributed by atoms with E-state index in [2.05, 4.69) is 18.4 Å². The molecule has 0 aliphatic carbocycles. The number of aryl methyl sites for hydroxylation is 1. The average Bonchev–Trinajstić information content (AvgIpc) is 2.94. The first-order valence-electron chi connectivity index (χ1n) is 6.51. The summed E-state index contributed by atoms with van der Waals surface area (Å²) in [7, 11) is 0. The highest BCUT2D eigenvalue weighted by Gasteiger charge is 2.41. The second-order valence-electron chi connectivity index (χ2n) is 5.25. The molecule has 2 aromatic rings. The first kappa shape index (κ1) is 11.4. The summed E-state index contributed by atoms with van der Waals surface area (Å²) in [4.78, 5) is 7.33. The van der Waals surface area contributed by atoms with Gasteiger partial charge in [-0.1, -0.05) is 0 Å². The molecule has 2 bridgehead atoms. The van der Waals surface area contributed by atoms with Crippen molar-refractivity contribution >= 4 is 17.0 Å². The fourth-order valence-corrected chi connectivity index (χ4v) is 4.11. The third-order valence-corrected chi connectivity index (χ3v) is 5.08. The van der Waals surface area contributed by atoms with Crippen LogP contribution in [0.5, 0.6) is 0 Å². The van der Waals surface area contributed by atoms with Crippen LogP contribution in [0.3, 0.4) is 0 Å². The van der Waals surface area contributed by atoms with Gasteiger partial charge in [-0.05, 0) is 47.7 Å². The topological polar surface area (TPSA) is 12.5 Å². The zero-order chi connectivity index (χ0) is 13.0. The smallest absolute Gasteiger partial charge is 0.123 e. The van der Waals surface area contributed by atoms with E-state index in [1.54, 1.807) is 17.4 Å². The van der Waals surface area contributed by atoms with Crippen LogP contribution in [-0.2, 0) is 11.3 Å². The molecule has 0 saturated carbocycles. The van der Waals surface area contributed by atoms with Crippen LogP contribution in [0.25, 0.3) is 0 Å². The maximum absolute atomic E-state index is 13.3. The third kappa shape index (κ3) is 1.70. The normalized spacial score (nSPS) is 24.6. The minimum atomic E-state index is -0.162. The largest absolute Gasteiger partial charge is 0.269 e. The number of rotatable bonds is 1. The molecule has 0 unspecified atom stereocenters. The Morgan fingerprint density at radius 1 is 1.37 bits per heavy atom. The predicted octanol–water partition coefficient (Wildman–Crippen LogP) is 4.00. The Kier molecular flexibility index (Phi) is 2.44. The van der Waals surface area contributed by atoms with Crippen molar-refractivity contribution < 1.29 is 9.23 Å². The molecule has 2 atom stereocenters. The van der Waals surface area contributed by atoms with Gasteiger partial charge in [0.1, 0.15) is 5.82 Å². The monoisotopic (exact) mass is 275 g/mol. The lowest BCUT2D eigenvalue weighted by Gasteiger charge is -2.29. The first-order valence-corrected chi connectivity index (χ1v) is 7.39. The number of hydrogen-bond donors (Lipinski definition) is 0. The van der Waals surface area contributed by atoms with Crippen molar-refractivity contribution in [1.29, 1.82) is 0 Å². The number of halogens is 1. The van der Waals surface area contributed by atoms with Gasteiger partial charge in [0.05, 0.1) is 17.8 Å². The van der Waals surface area contributed by atoms with E-state index in [4.69, 9.17) is 4.84 Å². The fourth-order valence-electron chi connectivity index (χ4n) is 3.08. The van der Waals surface area contributed by atoms with Crippen LogP contribution >= 0.6 is 11.3 Å². The van der Waals surface area contributed by atoms with Crippen molar-refractivity contribution in [3.05, 3.63) is 51.5 Å². The Bertz CT molecular complexity index is 639. The van der Waals surface area contributed by atoms with Gasteiger partial charge >= 0.3 is 0 Å². The van der Waals surface area contributed by atoms with Crippen LogP contribution < -0.4 is 5.06 Å². The molecular formula is C15H14FNOS. The molecule has 2 aliphatic rings. The average molecular weight is 275 g/mol. The van der Waals surface area contributed by atoms with Gasteiger partial charge < -0.3 is 0 Å². The highest BCUT2D eigenvalue weighted by molar-refractivity contribution is 7.10. The Morgan fingerprint density at radius 2 is 2.26 bits per heavy atom. The SMILES string of the molecule is Cc1ccsc1[C@@H]1C[C@@H]2Cc3cc(F)ccc3N1O2. The molecule has 4 rings (SSSR count). The van der Waals surface area contributed by atoms with Crippen molar-refractivity contribution in [2.24, 2.45) is 0 Å². The summed E-state index contributed by atoms with van der Waals surface area (Å²) in [5, 5.41) is 4.11. The standard InChI is InChI=1S/C15H14FNOS/c1-9-4-5-19-15(9)14-8-12-7-10-6-11(16)2-3-13(10)17(14)18-12/h2-6,12,14H,7-8H2,1H3/t12-,14-/m0/s1. The van der Waals surface area contributed by atoms with E-state index in [0.29, 0.717) is 0 Å². The predicted molar refractivity (Wildman–Crippen MR) is 73.9 cm³/mol. The molecule has 1 aromatic carbocycles. The molecule has 0 amide bonds. The van der Waals surface area contributed by atoms with Crippen LogP contribution in [0, 0.1) is 12.7 Å². The Hall–Kier alpha value is -1.39. The van der Waals surface area contributed by atoms with Crippen molar-refractivity contribution in [2.45, 2.75) is 31.9 Å². The van der Waals surface area contributed by atoms with Crippen molar-refractivity contribution in [3.63, 3.8) is 0 Å². The molecule has 19 heavy (non-hydrogen) atoms. The second-order valence-corrected chi connectivity index (χ2v) is 6.20. The zero-order valence-corrected chi connectivity index (χ0v) is 11.4. The maximum atomic E-state index is 13.3. The number of nitrogens with zero attached hydrogens (tertiary/aromatic N) is 1. The number of hydroxylamine groups is 1. The molecule has 1 saturated heterocycles. The maximum Gasteiger partial charge on any atom is 0.123 e. The van der Waals surface area contributed by atoms with E-state index in [1.165, 1.54) is 16.5 Å². The molecule has 2 aliphatic heterocycles. The first-order chi connectivity index (χ1) is 9.22. The van der Waals surface area contributed by atoms with Crippen LogP contribution in [0.4, 0.5) is 10.1 Å². The lowest BCUT2D eigenvalue weighted by atomic mass is 10.0. The molecule has 0 N–H and O–H groups in total. The molecule has 1 aromatic heterocycles. The lowest BCUT2D eigenvalue weighted by Crippen LogP contribution is -2.27. The van der Waals surface area contributed by atoms with Gasteiger partial charge in [-0.2, -0.15) is 0 Å². The van der Waals surface area contributed by atoms with Crippen molar-refractivity contribution in [3.8, 4) is 0 Å². The fraction of sp³-hybridized carbons (Fsp3) is 0.333. The summed E-state index contributed by atoms with van der Waals surface area (Å²) >= 11 is 1.78. The molecule has 3 heterocycles. The van der Waals surface area contributed by atoms with Gasteiger partial charge in [-0.3, -0.25) is 4.84 Å². The Labute approximate surface area is 115 Å². The van der Waals surface area contributed by atoms with Crippen LogP contribution in [-0.4, -0.2) is 6.10 Å². The third-order valence-electron chi connectivity index (χ3n) is 3.96. The molecule has 1 fully saturated rings. The summed E-state index contributed by atoms with van der Waals surface area (Å²) in [5.41, 5.74) is 3.40. The molecule has 0 radical (unpaired) electrons. The summed E-state index contributed by atoms with van der Waals surface area (Å²) in [5.74, 6) is -0.162. The highest BCUT2D eigenvalue weighted by atomic mass is 32.1. The summed E-state index contributed by atoms with van der Waals surface area (Å²) < 4.78 is 13.3. The van der Waals surface area contributed by atoms with E-state index in [9.17, 15) is 4.39 Å². The lowest BCUT2D eigenvalue weighted by molar-refractivity contribution is 0.0734. The Balaban J connectivity index is 1.79. The van der Waals surface area contributed by atoms with E-state index < -0.39 is 0 Å². The number of hydrogen-bond acceptors (Lipinski definition) is 3. The van der Waals surface area contributed by atoms with E-state index in [1.807, 2.05) is 11.1 Å². The summed E-state index contributed by atoms with van der Waals surface area (Å²) in [6.45, 7) is 2.14. The zero-order valence-electron chi connectivity index (χ0n) is 10.6. The van der Waals surface area contributed by atoms with E-state index in [0.717, 1.165) is 24.1 Å². The minimum Gasteiger partial charge on any atom is -0.269 e. The van der Waals surface area contributed by atoms with Gasteiger partial charge in [0.2, 0.25) is 0 Å². The van der Waals surface area contributed by atoms with Gasteiger partial charge in [0.25, 0.3) is 0 Å². The van der Waals surface area contributed by atoms with Crippen molar-refractivity contribution in [2.75, 3.05) is 5.06 Å². The van der Waals surface area contributed by atoms with Gasteiger partial charge in [0.15, 0.2) is 0 Å². The molecule has 2 nitrogen and oxygen atoms in total. The highest BCUT2D eigenvalue weighted by Crippen LogP contribution is 2.46. The van der Waals surface area contributed by atoms with Crippen LogP contribution in [0.1, 0.15) is 28.5 Å². The molecule has 4 heteroatoms. The van der Waals surface area contributed by atoms with E-state index in [-0.39, 0.29) is 18.0 Å². The molecule has 98 valence electrons. The number of benzene rings is 1. The molecule has 0 spiro atoms. The summed E-state index contributed by atoms with van der Waals surface area (Å²) in [6.07, 6.45) is 1.98. The number of anilines is 1. The minimum absolute atomic E-state index is 0.162. The number of thiophene rings is 1. The summed E-state index contributed by atoms with van der Waals surface area (Å²) in [6, 6.07) is 7.41. The van der Waals surface area contributed by atoms with Gasteiger partial charge in [0, 0.05) is 17.7 Å². The van der Waals surface area contributed by atoms with Gasteiger partial charge in [-0.25, -0.2) is 9.45 Å². The second kappa shape index (κ2) is 4.05. The van der Waals surface area contributed by atoms with E-state index >= 15 is 0 Å².